The lowest BCUT2D eigenvalue weighted by atomic mass is 9.98. The average molecular weight is 453 g/mol. The van der Waals surface area contributed by atoms with Crippen LogP contribution in [0.2, 0.25) is 0 Å². The van der Waals surface area contributed by atoms with E-state index in [0.29, 0.717) is 11.1 Å². The number of fused-ring (bicyclic) bond motifs is 1. The fourth-order valence-electron chi connectivity index (χ4n) is 4.52. The Morgan fingerprint density at radius 2 is 1.45 bits per heavy atom. The molecule has 0 radical (unpaired) electrons. The van der Waals surface area contributed by atoms with Crippen LogP contribution in [0.25, 0.3) is 0 Å². The van der Waals surface area contributed by atoms with Gasteiger partial charge in [-0.05, 0) is 37.1 Å². The Bertz CT molecular complexity index is 942. The van der Waals surface area contributed by atoms with Gasteiger partial charge >= 0.3 is 11.9 Å². The minimum Gasteiger partial charge on any atom is -0.458 e. The van der Waals surface area contributed by atoms with Crippen molar-refractivity contribution in [3.63, 3.8) is 0 Å². The molecule has 2 saturated heterocycles. The third-order valence-corrected chi connectivity index (χ3v) is 6.35. The summed E-state index contributed by atoms with van der Waals surface area (Å²) in [5.41, 5.74) is 0.843. The van der Waals surface area contributed by atoms with Gasteiger partial charge in [-0.15, -0.1) is 0 Å². The molecule has 5 atom stereocenters. The van der Waals surface area contributed by atoms with Gasteiger partial charge in [0.1, 0.15) is 24.9 Å². The smallest absolute Gasteiger partial charge is 0.338 e. The van der Waals surface area contributed by atoms with Crippen LogP contribution in [0, 0.1) is 0 Å². The zero-order chi connectivity index (χ0) is 22.6. The van der Waals surface area contributed by atoms with Crippen LogP contribution in [0.3, 0.4) is 0 Å². The molecule has 3 aliphatic rings. The summed E-state index contributed by atoms with van der Waals surface area (Å²) in [5, 5.41) is 0. The molecule has 7 nitrogen and oxygen atoms in total. The highest BCUT2D eigenvalue weighted by atomic mass is 16.8. The first-order valence-electron chi connectivity index (χ1n) is 11.6. The SMILES string of the molecule is O=C(OC[C@@H](OC(=O)c1ccccc1)[C@@H]1O[C@H](OC2CCCCC2)[C@@H]2O[C@H]12)c1ccccc1. The van der Waals surface area contributed by atoms with Crippen molar-refractivity contribution in [2.24, 2.45) is 0 Å². The van der Waals surface area contributed by atoms with E-state index >= 15 is 0 Å². The number of hydrogen-bond donors (Lipinski definition) is 0. The van der Waals surface area contributed by atoms with Crippen molar-refractivity contribution < 1.29 is 33.3 Å². The van der Waals surface area contributed by atoms with Gasteiger partial charge in [0.15, 0.2) is 12.4 Å². The molecule has 2 aromatic rings. The van der Waals surface area contributed by atoms with Crippen molar-refractivity contribution in [3.8, 4) is 0 Å². The van der Waals surface area contributed by atoms with E-state index in [-0.39, 0.29) is 24.9 Å². The maximum atomic E-state index is 12.8. The predicted molar refractivity (Wildman–Crippen MR) is 118 cm³/mol. The second-order valence-electron chi connectivity index (χ2n) is 8.70. The van der Waals surface area contributed by atoms with Gasteiger partial charge in [-0.1, -0.05) is 55.7 Å². The van der Waals surface area contributed by atoms with Gasteiger partial charge in [0.05, 0.1) is 17.2 Å². The van der Waals surface area contributed by atoms with Crippen LogP contribution in [-0.4, -0.2) is 55.4 Å². The lowest BCUT2D eigenvalue weighted by Crippen LogP contribution is -2.41. The predicted octanol–water partition coefficient (Wildman–Crippen LogP) is 3.91. The number of carbonyl (C=O) groups is 2. The van der Waals surface area contributed by atoms with Crippen molar-refractivity contribution >= 4 is 11.9 Å². The van der Waals surface area contributed by atoms with Crippen LogP contribution in [0.4, 0.5) is 0 Å². The molecule has 0 amide bonds. The summed E-state index contributed by atoms with van der Waals surface area (Å²) in [6.07, 6.45) is 3.43. The summed E-state index contributed by atoms with van der Waals surface area (Å²) in [6, 6.07) is 17.4. The van der Waals surface area contributed by atoms with E-state index in [2.05, 4.69) is 0 Å². The largest absolute Gasteiger partial charge is 0.458 e. The van der Waals surface area contributed by atoms with E-state index < -0.39 is 30.4 Å². The van der Waals surface area contributed by atoms with Gasteiger partial charge in [-0.3, -0.25) is 0 Å². The Morgan fingerprint density at radius 1 is 0.818 bits per heavy atom. The van der Waals surface area contributed by atoms with E-state index in [0.717, 1.165) is 25.7 Å². The summed E-state index contributed by atoms with van der Waals surface area (Å²) in [4.78, 5) is 25.2. The zero-order valence-electron chi connectivity index (χ0n) is 18.3. The van der Waals surface area contributed by atoms with Crippen molar-refractivity contribution in [2.75, 3.05) is 6.61 Å². The molecule has 2 heterocycles. The highest BCUT2D eigenvalue weighted by molar-refractivity contribution is 5.90. The first kappa shape index (κ1) is 22.1. The molecule has 0 N–H and O–H groups in total. The Balaban J connectivity index is 1.26. The van der Waals surface area contributed by atoms with E-state index in [1.165, 1.54) is 6.42 Å². The number of carbonyl (C=O) groups excluding carboxylic acids is 2. The summed E-state index contributed by atoms with van der Waals surface area (Å²) in [7, 11) is 0. The summed E-state index contributed by atoms with van der Waals surface area (Å²) in [5.74, 6) is -0.994. The average Bonchev–Trinajstić information content (AvgIpc) is 3.59. The van der Waals surface area contributed by atoms with E-state index in [1.54, 1.807) is 48.5 Å². The first-order chi connectivity index (χ1) is 16.2. The van der Waals surface area contributed by atoms with Crippen molar-refractivity contribution in [1.29, 1.82) is 0 Å². The molecule has 5 rings (SSSR count). The third kappa shape index (κ3) is 5.27. The van der Waals surface area contributed by atoms with Gasteiger partial charge in [-0.25, -0.2) is 9.59 Å². The number of benzene rings is 2. The lowest BCUT2D eigenvalue weighted by Gasteiger charge is -2.29. The van der Waals surface area contributed by atoms with Crippen LogP contribution in [0.5, 0.6) is 0 Å². The molecule has 3 fully saturated rings. The molecule has 0 spiro atoms. The van der Waals surface area contributed by atoms with Crippen molar-refractivity contribution in [2.45, 2.75) is 68.9 Å². The molecular formula is C26H28O7. The number of epoxide rings is 1. The van der Waals surface area contributed by atoms with Gasteiger partial charge in [0.2, 0.25) is 0 Å². The standard InChI is InChI=1S/C26H28O7/c27-24(17-10-4-1-5-11-17)29-16-20(31-25(28)18-12-6-2-7-13-18)21-22-23(32-22)26(33-21)30-19-14-8-3-9-15-19/h1-2,4-7,10-13,19-23,26H,3,8-9,14-16H2/t20-,21+,22-,23-,26+/m1/s1. The molecule has 174 valence electrons. The number of rotatable bonds is 8. The minimum absolute atomic E-state index is 0.139. The molecular weight excluding hydrogens is 424 g/mol. The molecule has 1 saturated carbocycles. The third-order valence-electron chi connectivity index (χ3n) is 6.35. The van der Waals surface area contributed by atoms with Gasteiger partial charge in [-0.2, -0.15) is 0 Å². The fourth-order valence-corrected chi connectivity index (χ4v) is 4.52. The topological polar surface area (TPSA) is 83.6 Å². The Hall–Kier alpha value is -2.74. The van der Waals surface area contributed by atoms with Crippen LogP contribution in [-0.2, 0) is 23.7 Å². The molecule has 7 heteroatoms. The molecule has 0 aromatic heterocycles. The Kier molecular flexibility index (Phi) is 6.71. The molecule has 2 aliphatic heterocycles. The zero-order valence-corrected chi connectivity index (χ0v) is 18.3. The molecule has 0 bridgehead atoms. The second-order valence-corrected chi connectivity index (χ2v) is 8.70. The second kappa shape index (κ2) is 10.0. The lowest BCUT2D eigenvalue weighted by molar-refractivity contribution is -0.217. The highest BCUT2D eigenvalue weighted by Gasteiger charge is 2.62. The van der Waals surface area contributed by atoms with E-state index in [9.17, 15) is 9.59 Å². The summed E-state index contributed by atoms with van der Waals surface area (Å²) < 4.78 is 29.4. The quantitative estimate of drug-likeness (QED) is 0.444. The molecule has 1 aliphatic carbocycles. The van der Waals surface area contributed by atoms with Crippen molar-refractivity contribution in [1.82, 2.24) is 0 Å². The fraction of sp³-hybridized carbons (Fsp3) is 0.462. The molecule has 0 unspecified atom stereocenters. The molecule has 2 aromatic carbocycles. The number of hydrogen-bond acceptors (Lipinski definition) is 7. The van der Waals surface area contributed by atoms with Gasteiger partial charge in [0, 0.05) is 0 Å². The number of esters is 2. The van der Waals surface area contributed by atoms with Crippen LogP contribution < -0.4 is 0 Å². The van der Waals surface area contributed by atoms with E-state index in [1.807, 2.05) is 12.1 Å². The maximum Gasteiger partial charge on any atom is 0.338 e. The summed E-state index contributed by atoms with van der Waals surface area (Å²) >= 11 is 0. The van der Waals surface area contributed by atoms with Crippen LogP contribution >= 0.6 is 0 Å². The van der Waals surface area contributed by atoms with Gasteiger partial charge in [0.25, 0.3) is 0 Å². The maximum absolute atomic E-state index is 12.8. The van der Waals surface area contributed by atoms with Crippen LogP contribution in [0.1, 0.15) is 52.8 Å². The Morgan fingerprint density at radius 3 is 2.12 bits per heavy atom. The van der Waals surface area contributed by atoms with Crippen molar-refractivity contribution in [3.05, 3.63) is 71.8 Å². The van der Waals surface area contributed by atoms with Crippen LogP contribution in [0.15, 0.2) is 60.7 Å². The van der Waals surface area contributed by atoms with E-state index in [4.69, 9.17) is 23.7 Å². The Labute approximate surface area is 192 Å². The first-order valence-corrected chi connectivity index (χ1v) is 11.6. The monoisotopic (exact) mass is 452 g/mol. The minimum atomic E-state index is -0.819. The highest BCUT2D eigenvalue weighted by Crippen LogP contribution is 2.43. The number of ether oxygens (including phenoxy) is 5. The normalized spacial score (nSPS) is 27.4. The molecule has 33 heavy (non-hydrogen) atoms. The van der Waals surface area contributed by atoms with Gasteiger partial charge < -0.3 is 23.7 Å². The summed E-state index contributed by atoms with van der Waals surface area (Å²) in [6.45, 7) is -0.139.